The van der Waals surface area contributed by atoms with E-state index in [4.69, 9.17) is 17.3 Å². The van der Waals surface area contributed by atoms with Gasteiger partial charge in [0.2, 0.25) is 5.91 Å². The van der Waals surface area contributed by atoms with Crippen molar-refractivity contribution in [2.45, 2.75) is 31.8 Å². The minimum Gasteiger partial charge on any atom is -0.334 e. The third-order valence-corrected chi connectivity index (χ3v) is 4.04. The van der Waals surface area contributed by atoms with Crippen molar-refractivity contribution in [2.75, 3.05) is 6.54 Å². The molecule has 2 atom stereocenters. The summed E-state index contributed by atoms with van der Waals surface area (Å²) in [4.78, 5) is 13.8. The number of rotatable bonds is 3. The minimum atomic E-state index is -0.178. The summed E-state index contributed by atoms with van der Waals surface area (Å²) in [6, 6.07) is 5.44. The Balaban J connectivity index is 2.37. The van der Waals surface area contributed by atoms with Gasteiger partial charge < -0.3 is 10.6 Å². The lowest BCUT2D eigenvalue weighted by molar-refractivity contribution is -0.129. The second-order valence-electron chi connectivity index (χ2n) is 4.57. The van der Waals surface area contributed by atoms with Gasteiger partial charge in [-0.2, -0.15) is 0 Å². The first-order valence-corrected chi connectivity index (χ1v) is 7.21. The molecular formula is C13H16BrClN2O. The Bertz CT molecular complexity index is 466. The Morgan fingerprint density at radius 3 is 2.89 bits per heavy atom. The molecule has 1 aliphatic rings. The van der Waals surface area contributed by atoms with Crippen LogP contribution in [0.25, 0.3) is 0 Å². The van der Waals surface area contributed by atoms with Crippen LogP contribution in [0.5, 0.6) is 0 Å². The Morgan fingerprint density at radius 2 is 2.28 bits per heavy atom. The molecule has 2 rings (SSSR count). The summed E-state index contributed by atoms with van der Waals surface area (Å²) in [5.74, 6) is 0.119. The third kappa shape index (κ3) is 2.56. The number of benzene rings is 1. The molecule has 5 heteroatoms. The van der Waals surface area contributed by atoms with Gasteiger partial charge in [0, 0.05) is 28.5 Å². The molecule has 0 bridgehead atoms. The zero-order valence-corrected chi connectivity index (χ0v) is 12.5. The van der Waals surface area contributed by atoms with Crippen LogP contribution in [0, 0.1) is 0 Å². The van der Waals surface area contributed by atoms with E-state index < -0.39 is 0 Å². The molecule has 1 aromatic rings. The number of hydrogen-bond donors (Lipinski definition) is 1. The van der Waals surface area contributed by atoms with E-state index in [0.29, 0.717) is 11.4 Å². The first-order chi connectivity index (χ1) is 8.54. The molecule has 1 amide bonds. The van der Waals surface area contributed by atoms with E-state index in [-0.39, 0.29) is 18.0 Å². The topological polar surface area (TPSA) is 46.3 Å². The van der Waals surface area contributed by atoms with Crippen LogP contribution in [0.4, 0.5) is 0 Å². The Labute approximate surface area is 120 Å². The second-order valence-corrected chi connectivity index (χ2v) is 5.89. The van der Waals surface area contributed by atoms with Crippen LogP contribution >= 0.6 is 27.5 Å². The summed E-state index contributed by atoms with van der Waals surface area (Å²) < 4.78 is 0.927. The van der Waals surface area contributed by atoms with Crippen molar-refractivity contribution in [1.82, 2.24) is 4.90 Å². The summed E-state index contributed by atoms with van der Waals surface area (Å²) in [6.45, 7) is 2.78. The zero-order chi connectivity index (χ0) is 13.3. The van der Waals surface area contributed by atoms with Gasteiger partial charge in [-0.3, -0.25) is 4.79 Å². The summed E-state index contributed by atoms with van der Waals surface area (Å²) in [5, 5.41) is 0.653. The lowest BCUT2D eigenvalue weighted by Crippen LogP contribution is -2.33. The van der Waals surface area contributed by atoms with E-state index in [9.17, 15) is 4.79 Å². The van der Waals surface area contributed by atoms with Gasteiger partial charge in [-0.25, -0.2) is 0 Å². The number of halogens is 2. The van der Waals surface area contributed by atoms with E-state index in [1.807, 2.05) is 23.1 Å². The van der Waals surface area contributed by atoms with Crippen LogP contribution in [0.2, 0.25) is 5.02 Å². The number of likely N-dealkylation sites (tertiary alicyclic amines) is 1. The first-order valence-electron chi connectivity index (χ1n) is 6.04. The highest BCUT2D eigenvalue weighted by Crippen LogP contribution is 2.36. The smallest absolute Gasteiger partial charge is 0.224 e. The maximum atomic E-state index is 11.9. The monoisotopic (exact) mass is 330 g/mol. The third-order valence-electron chi connectivity index (χ3n) is 3.22. The molecule has 1 saturated heterocycles. The molecule has 0 spiro atoms. The van der Waals surface area contributed by atoms with Crippen molar-refractivity contribution in [3.8, 4) is 0 Å². The summed E-state index contributed by atoms with van der Waals surface area (Å²) in [6.07, 6.45) is 1.32. The van der Waals surface area contributed by atoms with Gasteiger partial charge in [0.1, 0.15) is 0 Å². The van der Waals surface area contributed by atoms with Crippen LogP contribution in [0.15, 0.2) is 22.7 Å². The number of hydrogen-bond acceptors (Lipinski definition) is 2. The highest BCUT2D eigenvalue weighted by molar-refractivity contribution is 9.10. The minimum absolute atomic E-state index is 0.0990. The van der Waals surface area contributed by atoms with Crippen LogP contribution in [0.3, 0.4) is 0 Å². The second kappa shape index (κ2) is 5.59. The van der Waals surface area contributed by atoms with Crippen molar-refractivity contribution in [1.29, 1.82) is 0 Å². The van der Waals surface area contributed by atoms with Crippen molar-refractivity contribution in [2.24, 2.45) is 5.73 Å². The highest BCUT2D eigenvalue weighted by Gasteiger charge is 2.38. The normalized spacial score (nSPS) is 23.8. The Hall–Kier alpha value is -0.580. The maximum Gasteiger partial charge on any atom is 0.224 e. The highest BCUT2D eigenvalue weighted by atomic mass is 79.9. The first kappa shape index (κ1) is 13.8. The molecular weight excluding hydrogens is 316 g/mol. The largest absolute Gasteiger partial charge is 0.334 e. The molecule has 18 heavy (non-hydrogen) atoms. The summed E-state index contributed by atoms with van der Waals surface area (Å²) >= 11 is 9.65. The van der Waals surface area contributed by atoms with Gasteiger partial charge in [-0.15, -0.1) is 0 Å². The molecule has 2 N–H and O–H groups in total. The quantitative estimate of drug-likeness (QED) is 0.925. The van der Waals surface area contributed by atoms with E-state index >= 15 is 0 Å². The van der Waals surface area contributed by atoms with Crippen LogP contribution in [0.1, 0.15) is 31.4 Å². The fraction of sp³-hybridized carbons (Fsp3) is 0.462. The maximum absolute atomic E-state index is 11.9. The van der Waals surface area contributed by atoms with Gasteiger partial charge in [0.25, 0.3) is 0 Å². The number of carbonyl (C=O) groups is 1. The molecule has 98 valence electrons. The van der Waals surface area contributed by atoms with Crippen LogP contribution < -0.4 is 5.73 Å². The number of nitrogens with two attached hydrogens (primary N) is 1. The van der Waals surface area contributed by atoms with Gasteiger partial charge in [-0.1, -0.05) is 40.5 Å². The molecule has 0 aliphatic carbocycles. The Kier molecular flexibility index (Phi) is 4.30. The molecule has 1 heterocycles. The Morgan fingerprint density at radius 1 is 1.56 bits per heavy atom. The molecule has 2 unspecified atom stereocenters. The molecule has 0 radical (unpaired) electrons. The van der Waals surface area contributed by atoms with E-state index in [0.717, 1.165) is 23.0 Å². The predicted octanol–water partition coefficient (Wildman–Crippen LogP) is 3.11. The SMILES string of the molecule is CCCN1C(=O)CC(N)C1c1ccc(Br)cc1Cl. The van der Waals surface area contributed by atoms with E-state index in [2.05, 4.69) is 22.9 Å². The van der Waals surface area contributed by atoms with Crippen molar-refractivity contribution >= 4 is 33.4 Å². The van der Waals surface area contributed by atoms with Crippen molar-refractivity contribution < 1.29 is 4.79 Å². The van der Waals surface area contributed by atoms with Gasteiger partial charge in [-0.05, 0) is 24.1 Å². The van der Waals surface area contributed by atoms with E-state index in [1.165, 1.54) is 0 Å². The molecule has 3 nitrogen and oxygen atoms in total. The summed E-state index contributed by atoms with van der Waals surface area (Å²) in [5.41, 5.74) is 7.03. The van der Waals surface area contributed by atoms with Crippen molar-refractivity contribution in [3.05, 3.63) is 33.3 Å². The standard InChI is InChI=1S/C13H16BrClN2O/c1-2-5-17-12(18)7-11(16)13(17)9-4-3-8(14)6-10(9)15/h3-4,6,11,13H,2,5,7,16H2,1H3. The number of carbonyl (C=O) groups excluding carboxylic acids is 1. The van der Waals surface area contributed by atoms with Gasteiger partial charge >= 0.3 is 0 Å². The molecule has 0 aromatic heterocycles. The summed E-state index contributed by atoms with van der Waals surface area (Å²) in [7, 11) is 0. The lowest BCUT2D eigenvalue weighted by Gasteiger charge is -2.27. The van der Waals surface area contributed by atoms with E-state index in [1.54, 1.807) is 0 Å². The molecule has 1 aliphatic heterocycles. The molecule has 0 saturated carbocycles. The van der Waals surface area contributed by atoms with Crippen LogP contribution in [-0.4, -0.2) is 23.4 Å². The molecule has 1 aromatic carbocycles. The fourth-order valence-electron chi connectivity index (χ4n) is 2.46. The predicted molar refractivity (Wildman–Crippen MR) is 76.5 cm³/mol. The average Bonchev–Trinajstić information content (AvgIpc) is 2.56. The van der Waals surface area contributed by atoms with Crippen LogP contribution in [-0.2, 0) is 4.79 Å². The van der Waals surface area contributed by atoms with Gasteiger partial charge in [0.05, 0.1) is 6.04 Å². The van der Waals surface area contributed by atoms with Crippen molar-refractivity contribution in [3.63, 3.8) is 0 Å². The molecule has 1 fully saturated rings. The zero-order valence-electron chi connectivity index (χ0n) is 10.2. The fourth-order valence-corrected chi connectivity index (χ4v) is 3.25. The number of nitrogens with zero attached hydrogens (tertiary/aromatic N) is 1. The average molecular weight is 332 g/mol. The van der Waals surface area contributed by atoms with Gasteiger partial charge in [0.15, 0.2) is 0 Å². The number of amides is 1. The lowest BCUT2D eigenvalue weighted by atomic mass is 10.0.